The fourth-order valence-corrected chi connectivity index (χ4v) is 4.14. The van der Waals surface area contributed by atoms with Crippen LogP contribution in [0.5, 0.6) is 0 Å². The first-order valence-corrected chi connectivity index (χ1v) is 11.9. The zero-order valence-corrected chi connectivity index (χ0v) is 17.4. The van der Waals surface area contributed by atoms with Crippen LogP contribution in [0.4, 0.5) is 5.13 Å². The van der Waals surface area contributed by atoms with Crippen LogP contribution in [-0.2, 0) is 25.8 Å². The van der Waals surface area contributed by atoms with Crippen LogP contribution in [0.15, 0.2) is 0 Å². The maximum absolute atomic E-state index is 12.3. The third-order valence-corrected chi connectivity index (χ3v) is 6.07. The number of aryl methyl sites for hydroxylation is 1. The Balaban J connectivity index is 1.67. The van der Waals surface area contributed by atoms with Gasteiger partial charge in [-0.2, -0.15) is 0 Å². The molecule has 1 aliphatic rings. The van der Waals surface area contributed by atoms with Gasteiger partial charge in [0, 0.05) is 58.2 Å². The Bertz CT molecular complexity index is 742. The number of anilines is 1. The van der Waals surface area contributed by atoms with E-state index in [1.165, 1.54) is 17.6 Å². The van der Waals surface area contributed by atoms with E-state index in [1.807, 2.05) is 4.90 Å². The monoisotopic (exact) mass is 417 g/mol. The summed E-state index contributed by atoms with van der Waals surface area (Å²) in [5, 5.41) is 12.0. The SMILES string of the molecule is CCCc1nnc(NC(=O)CCC(=O)N2CCN(CCS(C)(=O)=O)CC2)s1. The molecule has 0 aromatic carbocycles. The fraction of sp³-hybridized carbons (Fsp3) is 0.750. The van der Waals surface area contributed by atoms with Gasteiger partial charge in [-0.15, -0.1) is 10.2 Å². The minimum absolute atomic E-state index is 0.0585. The molecule has 1 fully saturated rings. The highest BCUT2D eigenvalue weighted by molar-refractivity contribution is 7.90. The van der Waals surface area contributed by atoms with Crippen molar-refractivity contribution in [3.8, 4) is 0 Å². The molecule has 2 heterocycles. The molecule has 27 heavy (non-hydrogen) atoms. The molecular weight excluding hydrogens is 390 g/mol. The van der Waals surface area contributed by atoms with Gasteiger partial charge in [-0.1, -0.05) is 18.3 Å². The van der Waals surface area contributed by atoms with Crippen molar-refractivity contribution in [2.24, 2.45) is 0 Å². The molecule has 152 valence electrons. The average Bonchev–Trinajstić information content (AvgIpc) is 3.05. The molecule has 0 spiro atoms. The van der Waals surface area contributed by atoms with Crippen molar-refractivity contribution < 1.29 is 18.0 Å². The molecule has 9 nitrogen and oxygen atoms in total. The van der Waals surface area contributed by atoms with Gasteiger partial charge in [-0.25, -0.2) is 8.42 Å². The van der Waals surface area contributed by atoms with Crippen molar-refractivity contribution in [2.45, 2.75) is 32.6 Å². The summed E-state index contributed by atoms with van der Waals surface area (Å²) in [7, 11) is -2.97. The lowest BCUT2D eigenvalue weighted by molar-refractivity contribution is -0.134. The second kappa shape index (κ2) is 10.1. The predicted molar refractivity (Wildman–Crippen MR) is 104 cm³/mol. The molecule has 0 aliphatic carbocycles. The van der Waals surface area contributed by atoms with E-state index < -0.39 is 9.84 Å². The molecule has 1 aromatic heterocycles. The Kier molecular flexibility index (Phi) is 8.11. The van der Waals surface area contributed by atoms with E-state index in [4.69, 9.17) is 0 Å². The number of carbonyl (C=O) groups excluding carboxylic acids is 2. The number of nitrogens with zero attached hydrogens (tertiary/aromatic N) is 4. The van der Waals surface area contributed by atoms with Crippen LogP contribution in [-0.4, -0.2) is 85.0 Å². The van der Waals surface area contributed by atoms with E-state index in [2.05, 4.69) is 22.4 Å². The molecule has 11 heteroatoms. The summed E-state index contributed by atoms with van der Waals surface area (Å²) in [6, 6.07) is 0. The van der Waals surface area contributed by atoms with E-state index in [9.17, 15) is 18.0 Å². The highest BCUT2D eigenvalue weighted by atomic mass is 32.2. The Morgan fingerprint density at radius 2 is 1.85 bits per heavy atom. The molecule has 0 bridgehead atoms. The van der Waals surface area contributed by atoms with E-state index >= 15 is 0 Å². The predicted octanol–water partition coefficient (Wildman–Crippen LogP) is 0.398. The van der Waals surface area contributed by atoms with Gasteiger partial charge in [0.2, 0.25) is 16.9 Å². The van der Waals surface area contributed by atoms with Crippen molar-refractivity contribution in [3.05, 3.63) is 5.01 Å². The summed E-state index contributed by atoms with van der Waals surface area (Å²) >= 11 is 1.36. The first kappa shape index (κ1) is 21.7. The number of hydrogen-bond donors (Lipinski definition) is 1. The first-order valence-electron chi connectivity index (χ1n) is 9.07. The van der Waals surface area contributed by atoms with Gasteiger partial charge >= 0.3 is 0 Å². The van der Waals surface area contributed by atoms with Crippen molar-refractivity contribution in [3.63, 3.8) is 0 Å². The molecular formula is C16H27N5O4S2. The number of piperazine rings is 1. The molecule has 1 aliphatic heterocycles. The fourth-order valence-electron chi connectivity index (χ4n) is 2.70. The van der Waals surface area contributed by atoms with E-state index in [-0.39, 0.29) is 30.4 Å². The Morgan fingerprint density at radius 1 is 1.15 bits per heavy atom. The maximum Gasteiger partial charge on any atom is 0.226 e. The average molecular weight is 418 g/mol. The summed E-state index contributed by atoms with van der Waals surface area (Å²) in [5.74, 6) is -0.168. The highest BCUT2D eigenvalue weighted by Crippen LogP contribution is 2.17. The normalized spacial score (nSPS) is 15.7. The number of hydrogen-bond acceptors (Lipinski definition) is 8. The lowest BCUT2D eigenvalue weighted by Gasteiger charge is -2.34. The molecule has 0 unspecified atom stereocenters. The zero-order chi connectivity index (χ0) is 19.9. The summed E-state index contributed by atoms with van der Waals surface area (Å²) in [6.45, 7) is 4.96. The van der Waals surface area contributed by atoms with Crippen molar-refractivity contribution in [1.82, 2.24) is 20.0 Å². The van der Waals surface area contributed by atoms with Gasteiger partial charge < -0.3 is 10.2 Å². The lowest BCUT2D eigenvalue weighted by Crippen LogP contribution is -2.49. The summed E-state index contributed by atoms with van der Waals surface area (Å²) in [6.07, 6.45) is 3.29. The van der Waals surface area contributed by atoms with Crippen molar-refractivity contribution >= 4 is 38.1 Å². The summed E-state index contributed by atoms with van der Waals surface area (Å²) < 4.78 is 22.4. The Labute approximate surface area is 164 Å². The second-order valence-electron chi connectivity index (χ2n) is 6.65. The molecule has 0 radical (unpaired) electrons. The maximum atomic E-state index is 12.3. The molecule has 1 aromatic rings. The topological polar surface area (TPSA) is 113 Å². The van der Waals surface area contributed by atoms with Crippen LogP contribution in [0.25, 0.3) is 0 Å². The van der Waals surface area contributed by atoms with E-state index in [0.29, 0.717) is 37.9 Å². The number of aromatic nitrogens is 2. The smallest absolute Gasteiger partial charge is 0.226 e. The highest BCUT2D eigenvalue weighted by Gasteiger charge is 2.22. The lowest BCUT2D eigenvalue weighted by atomic mass is 10.2. The van der Waals surface area contributed by atoms with Crippen molar-refractivity contribution in [1.29, 1.82) is 0 Å². The third kappa shape index (κ3) is 7.89. The number of sulfone groups is 1. The van der Waals surface area contributed by atoms with Gasteiger partial charge in [-0.3, -0.25) is 14.5 Å². The van der Waals surface area contributed by atoms with Gasteiger partial charge in [0.25, 0.3) is 0 Å². The molecule has 0 atom stereocenters. The third-order valence-electron chi connectivity index (χ3n) is 4.25. The molecule has 2 amide bonds. The second-order valence-corrected chi connectivity index (χ2v) is 9.97. The quantitative estimate of drug-likeness (QED) is 0.619. The number of amides is 2. The minimum atomic E-state index is -2.97. The molecule has 2 rings (SSSR count). The number of carbonyl (C=O) groups is 2. The van der Waals surface area contributed by atoms with E-state index in [0.717, 1.165) is 17.8 Å². The number of nitrogens with one attached hydrogen (secondary N) is 1. The van der Waals surface area contributed by atoms with Crippen LogP contribution in [0.1, 0.15) is 31.2 Å². The first-order chi connectivity index (χ1) is 12.8. The van der Waals surface area contributed by atoms with Crippen LogP contribution in [0.2, 0.25) is 0 Å². The summed E-state index contributed by atoms with van der Waals surface area (Å²) in [4.78, 5) is 28.0. The van der Waals surface area contributed by atoms with E-state index in [1.54, 1.807) is 4.90 Å². The molecule has 1 N–H and O–H groups in total. The van der Waals surface area contributed by atoms with Gasteiger partial charge in [0.15, 0.2) is 0 Å². The molecule has 0 saturated carbocycles. The minimum Gasteiger partial charge on any atom is -0.340 e. The van der Waals surface area contributed by atoms with Crippen LogP contribution in [0.3, 0.4) is 0 Å². The zero-order valence-electron chi connectivity index (χ0n) is 15.8. The molecule has 1 saturated heterocycles. The Morgan fingerprint density at radius 3 is 2.48 bits per heavy atom. The van der Waals surface area contributed by atoms with Gasteiger partial charge in [0.1, 0.15) is 14.8 Å². The Hall–Kier alpha value is -1.59. The van der Waals surface area contributed by atoms with Gasteiger partial charge in [0.05, 0.1) is 5.75 Å². The number of rotatable bonds is 9. The van der Waals surface area contributed by atoms with Crippen LogP contribution in [0, 0.1) is 0 Å². The van der Waals surface area contributed by atoms with Crippen LogP contribution < -0.4 is 5.32 Å². The summed E-state index contributed by atoms with van der Waals surface area (Å²) in [5.41, 5.74) is 0. The van der Waals surface area contributed by atoms with Gasteiger partial charge in [-0.05, 0) is 6.42 Å². The van der Waals surface area contributed by atoms with Crippen LogP contribution >= 0.6 is 11.3 Å². The standard InChI is InChI=1S/C16H27N5O4S2/c1-3-4-14-18-19-16(26-14)17-13(22)5-6-15(23)21-9-7-20(8-10-21)11-12-27(2,24)25/h3-12H2,1-2H3,(H,17,19,22). The largest absolute Gasteiger partial charge is 0.340 e. The van der Waals surface area contributed by atoms with Crippen molar-refractivity contribution in [2.75, 3.05) is 50.0 Å².